The van der Waals surface area contributed by atoms with Crippen LogP contribution >= 0.6 is 0 Å². The van der Waals surface area contributed by atoms with Crippen LogP contribution in [-0.4, -0.2) is 20.6 Å². The zero-order chi connectivity index (χ0) is 27.3. The summed E-state index contributed by atoms with van der Waals surface area (Å²) in [5.74, 6) is -0.436. The second kappa shape index (κ2) is 9.59. The van der Waals surface area contributed by atoms with Gasteiger partial charge in [0.25, 0.3) is 5.56 Å². The largest absolute Gasteiger partial charge is 0.478 e. The number of anilines is 2. The van der Waals surface area contributed by atoms with Crippen molar-refractivity contribution in [3.63, 3.8) is 0 Å². The number of hydrogen-bond acceptors (Lipinski definition) is 6. The Bertz CT molecular complexity index is 1690. The van der Waals surface area contributed by atoms with Gasteiger partial charge >= 0.3 is 5.97 Å². The van der Waals surface area contributed by atoms with Gasteiger partial charge in [-0.05, 0) is 61.6 Å². The second-order valence-electron chi connectivity index (χ2n) is 10.6. The molecule has 8 heteroatoms. The van der Waals surface area contributed by atoms with E-state index in [1.807, 2.05) is 42.7 Å². The van der Waals surface area contributed by atoms with Crippen LogP contribution in [0.5, 0.6) is 0 Å². The number of hydrogen-bond donors (Lipinski definition) is 2. The van der Waals surface area contributed by atoms with Gasteiger partial charge in [-0.3, -0.25) is 9.36 Å². The van der Waals surface area contributed by atoms with E-state index >= 15 is 0 Å². The maximum absolute atomic E-state index is 14.2. The highest BCUT2D eigenvalue weighted by Gasteiger charge is 2.35. The Kier molecular flexibility index (Phi) is 6.07. The van der Waals surface area contributed by atoms with Crippen molar-refractivity contribution in [2.75, 3.05) is 10.2 Å². The lowest BCUT2D eigenvalue weighted by Crippen LogP contribution is -2.38. The van der Waals surface area contributed by atoms with E-state index in [1.54, 1.807) is 24.3 Å². The van der Waals surface area contributed by atoms with Gasteiger partial charge in [-0.2, -0.15) is 5.26 Å². The predicted molar refractivity (Wildman–Crippen MR) is 150 cm³/mol. The normalized spacial score (nSPS) is 18.7. The van der Waals surface area contributed by atoms with Crippen molar-refractivity contribution < 1.29 is 9.90 Å². The van der Waals surface area contributed by atoms with Gasteiger partial charge in [0, 0.05) is 30.4 Å². The summed E-state index contributed by atoms with van der Waals surface area (Å²) in [6.07, 6.45) is 1.28. The fourth-order valence-corrected chi connectivity index (χ4v) is 5.84. The standard InChI is InChI=1S/C31H29N5O3/c1-18-11-25(19(2)33-27-10-6-5-9-24(27)30(38)39)28-26(12-18)29(37)36(23-13-20(14-23)15-32)31(34-28)35-16-21-7-3-4-8-22(21)17-35/h3-12,19-20,23,33H,13-14,16-17H2,1-2H3,(H,38,39). The van der Waals surface area contributed by atoms with Crippen molar-refractivity contribution >= 4 is 28.5 Å². The molecule has 2 N–H and O–H groups in total. The number of nitrogens with zero attached hydrogens (tertiary/aromatic N) is 4. The number of aromatic nitrogens is 2. The van der Waals surface area contributed by atoms with Crippen LogP contribution in [0.15, 0.2) is 65.5 Å². The molecule has 4 aromatic rings. The average Bonchev–Trinajstić information content (AvgIpc) is 3.33. The summed E-state index contributed by atoms with van der Waals surface area (Å²) >= 11 is 0. The average molecular weight is 520 g/mol. The van der Waals surface area contributed by atoms with Crippen molar-refractivity contribution in [2.45, 2.75) is 51.9 Å². The fourth-order valence-electron chi connectivity index (χ4n) is 5.84. The van der Waals surface area contributed by atoms with Crippen LogP contribution in [0.4, 0.5) is 11.6 Å². The third-order valence-corrected chi connectivity index (χ3v) is 7.94. The van der Waals surface area contributed by atoms with Gasteiger partial charge in [0.15, 0.2) is 0 Å². The summed E-state index contributed by atoms with van der Waals surface area (Å²) in [7, 11) is 0. The van der Waals surface area contributed by atoms with Crippen molar-refractivity contribution in [1.82, 2.24) is 9.55 Å². The van der Waals surface area contributed by atoms with Crippen molar-refractivity contribution in [3.05, 3.63) is 98.8 Å². The van der Waals surface area contributed by atoms with Crippen LogP contribution in [0, 0.1) is 24.2 Å². The SMILES string of the molecule is Cc1cc(C(C)Nc2ccccc2C(=O)O)c2nc(N3Cc4ccccc4C3)n(C3CC(C#N)C3)c(=O)c2c1. The molecule has 2 heterocycles. The Hall–Kier alpha value is -4.64. The highest BCUT2D eigenvalue weighted by molar-refractivity contribution is 5.94. The molecule has 1 fully saturated rings. The van der Waals surface area contributed by atoms with E-state index in [4.69, 9.17) is 4.98 Å². The molecule has 1 aliphatic heterocycles. The Morgan fingerprint density at radius 3 is 2.44 bits per heavy atom. The van der Waals surface area contributed by atoms with Crippen LogP contribution in [0.1, 0.15) is 64.5 Å². The molecular weight excluding hydrogens is 490 g/mol. The van der Waals surface area contributed by atoms with Gasteiger partial charge in [0.1, 0.15) is 0 Å². The molecule has 2 aliphatic rings. The van der Waals surface area contributed by atoms with Crippen molar-refractivity contribution in [2.24, 2.45) is 5.92 Å². The number of benzene rings is 3. The van der Waals surface area contributed by atoms with Crippen LogP contribution in [0.2, 0.25) is 0 Å². The van der Waals surface area contributed by atoms with Gasteiger partial charge in [-0.25, -0.2) is 9.78 Å². The Morgan fingerprint density at radius 2 is 1.77 bits per heavy atom. The number of nitrogens with one attached hydrogen (secondary N) is 1. The molecule has 1 atom stereocenters. The summed E-state index contributed by atoms with van der Waals surface area (Å²) in [5.41, 5.74) is 5.38. The molecule has 8 nitrogen and oxygen atoms in total. The van der Waals surface area contributed by atoms with E-state index < -0.39 is 5.97 Å². The molecule has 0 saturated heterocycles. The van der Waals surface area contributed by atoms with Gasteiger partial charge in [0.05, 0.1) is 34.5 Å². The Labute approximate surface area is 226 Å². The van der Waals surface area contributed by atoms with E-state index in [2.05, 4.69) is 28.4 Å². The lowest BCUT2D eigenvalue weighted by atomic mass is 9.81. The molecule has 1 aliphatic carbocycles. The first kappa shape index (κ1) is 24.7. The molecule has 1 aromatic heterocycles. The molecule has 1 saturated carbocycles. The molecule has 3 aromatic carbocycles. The number of fused-ring (bicyclic) bond motifs is 2. The van der Waals surface area contributed by atoms with Crippen LogP contribution in [0.3, 0.4) is 0 Å². The highest BCUT2D eigenvalue weighted by Crippen LogP contribution is 2.40. The molecule has 1 unspecified atom stereocenters. The highest BCUT2D eigenvalue weighted by atomic mass is 16.4. The number of para-hydroxylation sites is 1. The monoisotopic (exact) mass is 519 g/mol. The minimum Gasteiger partial charge on any atom is -0.478 e. The molecule has 39 heavy (non-hydrogen) atoms. The zero-order valence-electron chi connectivity index (χ0n) is 21.9. The van der Waals surface area contributed by atoms with Gasteiger partial charge in [0.2, 0.25) is 5.95 Å². The third kappa shape index (κ3) is 4.30. The molecular formula is C31H29N5O3. The third-order valence-electron chi connectivity index (χ3n) is 7.94. The van der Waals surface area contributed by atoms with Crippen LogP contribution in [0.25, 0.3) is 10.9 Å². The maximum Gasteiger partial charge on any atom is 0.337 e. The first-order valence-corrected chi connectivity index (χ1v) is 13.2. The first-order chi connectivity index (χ1) is 18.8. The van der Waals surface area contributed by atoms with Crippen LogP contribution < -0.4 is 15.8 Å². The fraction of sp³-hybridized carbons (Fsp3) is 0.290. The van der Waals surface area contributed by atoms with E-state index in [9.17, 15) is 20.0 Å². The molecule has 0 amide bonds. The number of aromatic carboxylic acids is 1. The van der Waals surface area contributed by atoms with E-state index in [0.717, 1.165) is 11.1 Å². The first-order valence-electron chi connectivity index (χ1n) is 13.2. The molecule has 0 bridgehead atoms. The van der Waals surface area contributed by atoms with Crippen molar-refractivity contribution in [1.29, 1.82) is 5.26 Å². The number of aryl methyl sites for hydroxylation is 1. The van der Waals surface area contributed by atoms with Gasteiger partial charge in [-0.15, -0.1) is 0 Å². The minimum absolute atomic E-state index is 0.0483. The van der Waals surface area contributed by atoms with E-state index in [-0.39, 0.29) is 29.1 Å². The summed E-state index contributed by atoms with van der Waals surface area (Å²) in [5, 5.41) is 22.9. The number of carboxylic acid groups (broad SMARTS) is 1. The molecule has 0 radical (unpaired) electrons. The van der Waals surface area contributed by atoms with Crippen molar-refractivity contribution in [3.8, 4) is 6.07 Å². The smallest absolute Gasteiger partial charge is 0.337 e. The van der Waals surface area contributed by atoms with E-state index in [0.29, 0.717) is 48.5 Å². The number of rotatable bonds is 6. The molecule has 6 rings (SSSR count). The number of nitriles is 1. The molecule has 196 valence electrons. The Morgan fingerprint density at radius 1 is 1.10 bits per heavy atom. The zero-order valence-corrected chi connectivity index (χ0v) is 21.9. The second-order valence-corrected chi connectivity index (χ2v) is 10.6. The van der Waals surface area contributed by atoms with E-state index in [1.165, 1.54) is 11.1 Å². The summed E-state index contributed by atoms with van der Waals surface area (Å²) in [6.45, 7) is 5.21. The lowest BCUT2D eigenvalue weighted by molar-refractivity contribution is 0.0698. The number of carboxylic acids is 1. The summed E-state index contributed by atoms with van der Waals surface area (Å²) in [6, 6.07) is 20.9. The summed E-state index contributed by atoms with van der Waals surface area (Å²) < 4.78 is 1.81. The van der Waals surface area contributed by atoms with Gasteiger partial charge in [-0.1, -0.05) is 42.5 Å². The Balaban J connectivity index is 1.49. The summed E-state index contributed by atoms with van der Waals surface area (Å²) in [4.78, 5) is 33.3. The predicted octanol–water partition coefficient (Wildman–Crippen LogP) is 5.57. The maximum atomic E-state index is 14.2. The molecule has 0 spiro atoms. The van der Waals surface area contributed by atoms with Crippen LogP contribution in [-0.2, 0) is 13.1 Å². The number of carbonyl (C=O) groups is 1. The lowest BCUT2D eigenvalue weighted by Gasteiger charge is -2.35. The minimum atomic E-state index is -1.01. The quantitative estimate of drug-likeness (QED) is 0.342. The topological polar surface area (TPSA) is 111 Å². The van der Waals surface area contributed by atoms with Gasteiger partial charge < -0.3 is 15.3 Å².